The van der Waals surface area contributed by atoms with Crippen molar-refractivity contribution in [2.45, 2.75) is 40.5 Å². The maximum Gasteiger partial charge on any atom is 0.165 e. The van der Waals surface area contributed by atoms with Crippen LogP contribution in [0.5, 0.6) is 0 Å². The lowest BCUT2D eigenvalue weighted by Gasteiger charge is -2.37. The van der Waals surface area contributed by atoms with Gasteiger partial charge in [0.2, 0.25) is 0 Å². The van der Waals surface area contributed by atoms with E-state index in [0.29, 0.717) is 5.78 Å². The lowest BCUT2D eigenvalue weighted by atomic mass is 9.65. The third-order valence-electron chi connectivity index (χ3n) is 5.33. The average molecular weight is 178 g/mol. The van der Waals surface area contributed by atoms with E-state index >= 15 is 0 Å². The molecule has 0 saturated heterocycles. The standard InChI is InChI=1S/C12H18O/c1-8-9(13)12(5)7-6-11(8,4)10(12,2)3/h1,6-7H2,2-5H3. The lowest BCUT2D eigenvalue weighted by molar-refractivity contribution is -0.125. The molecule has 2 unspecified atom stereocenters. The topological polar surface area (TPSA) is 17.1 Å². The smallest absolute Gasteiger partial charge is 0.165 e. The molecular formula is C12H18O. The molecule has 0 aromatic heterocycles. The molecule has 72 valence electrons. The summed E-state index contributed by atoms with van der Waals surface area (Å²) in [7, 11) is 0. The van der Waals surface area contributed by atoms with Crippen LogP contribution in [0.3, 0.4) is 0 Å². The van der Waals surface area contributed by atoms with Crippen molar-refractivity contribution in [2.75, 3.05) is 0 Å². The molecule has 0 amide bonds. The van der Waals surface area contributed by atoms with E-state index in [1.54, 1.807) is 0 Å². The van der Waals surface area contributed by atoms with Crippen LogP contribution in [0.25, 0.3) is 0 Å². The van der Waals surface area contributed by atoms with E-state index in [-0.39, 0.29) is 16.2 Å². The van der Waals surface area contributed by atoms with E-state index < -0.39 is 0 Å². The van der Waals surface area contributed by atoms with Gasteiger partial charge in [0.15, 0.2) is 5.78 Å². The molecule has 0 spiro atoms. The van der Waals surface area contributed by atoms with Crippen LogP contribution in [0.15, 0.2) is 12.2 Å². The van der Waals surface area contributed by atoms with Crippen LogP contribution in [0.1, 0.15) is 40.5 Å². The predicted octanol–water partition coefficient (Wildman–Crippen LogP) is 2.96. The van der Waals surface area contributed by atoms with Gasteiger partial charge in [-0.2, -0.15) is 0 Å². The second-order valence-electron chi connectivity index (χ2n) is 5.60. The quantitative estimate of drug-likeness (QED) is 0.521. The summed E-state index contributed by atoms with van der Waals surface area (Å²) >= 11 is 0. The summed E-state index contributed by atoms with van der Waals surface area (Å²) in [5, 5.41) is 0. The largest absolute Gasteiger partial charge is 0.294 e. The SMILES string of the molecule is C=C1C(=O)C2(C)CCC1(C)C2(C)C. The average Bonchev–Trinajstić information content (AvgIpc) is 2.28. The van der Waals surface area contributed by atoms with Gasteiger partial charge < -0.3 is 0 Å². The van der Waals surface area contributed by atoms with E-state index in [9.17, 15) is 4.79 Å². The molecule has 1 heteroatoms. The Kier molecular flexibility index (Phi) is 1.32. The zero-order chi connectivity index (χ0) is 10.1. The highest BCUT2D eigenvalue weighted by Crippen LogP contribution is 2.71. The molecule has 2 saturated carbocycles. The van der Waals surface area contributed by atoms with Crippen LogP contribution < -0.4 is 0 Å². The fraction of sp³-hybridized carbons (Fsp3) is 0.750. The minimum Gasteiger partial charge on any atom is -0.294 e. The first kappa shape index (κ1) is 8.98. The van der Waals surface area contributed by atoms with Crippen molar-refractivity contribution in [3.63, 3.8) is 0 Å². The van der Waals surface area contributed by atoms with Crippen molar-refractivity contribution in [3.8, 4) is 0 Å². The van der Waals surface area contributed by atoms with Crippen LogP contribution in [-0.2, 0) is 4.79 Å². The number of hydrogen-bond acceptors (Lipinski definition) is 1. The van der Waals surface area contributed by atoms with Gasteiger partial charge in [0.25, 0.3) is 0 Å². The molecule has 1 nitrogen and oxygen atoms in total. The number of hydrogen-bond donors (Lipinski definition) is 0. The van der Waals surface area contributed by atoms with Crippen molar-refractivity contribution in [1.82, 2.24) is 0 Å². The molecule has 13 heavy (non-hydrogen) atoms. The van der Waals surface area contributed by atoms with Crippen molar-refractivity contribution in [1.29, 1.82) is 0 Å². The number of ketones is 1. The van der Waals surface area contributed by atoms with Gasteiger partial charge in [-0.3, -0.25) is 4.79 Å². The number of Topliss-reactive ketones (excluding diaryl/α,β-unsaturated/α-hetero) is 1. The van der Waals surface area contributed by atoms with Crippen LogP contribution in [0.4, 0.5) is 0 Å². The minimum atomic E-state index is -0.140. The Bertz CT molecular complexity index is 283. The van der Waals surface area contributed by atoms with Gasteiger partial charge >= 0.3 is 0 Å². The monoisotopic (exact) mass is 178 g/mol. The van der Waals surface area contributed by atoms with Crippen molar-refractivity contribution in [2.24, 2.45) is 16.2 Å². The van der Waals surface area contributed by atoms with Crippen LogP contribution in [0, 0.1) is 16.2 Å². The Morgan fingerprint density at radius 3 is 1.77 bits per heavy atom. The van der Waals surface area contributed by atoms with Gasteiger partial charge in [-0.1, -0.05) is 34.3 Å². The fourth-order valence-corrected chi connectivity index (χ4v) is 3.24. The van der Waals surface area contributed by atoms with Crippen LogP contribution >= 0.6 is 0 Å². The van der Waals surface area contributed by atoms with Crippen molar-refractivity contribution in [3.05, 3.63) is 12.2 Å². The van der Waals surface area contributed by atoms with Gasteiger partial charge in [0.1, 0.15) is 0 Å². The number of carbonyl (C=O) groups is 1. The Morgan fingerprint density at radius 1 is 1.08 bits per heavy atom. The Hall–Kier alpha value is -0.590. The summed E-state index contributed by atoms with van der Waals surface area (Å²) in [5.74, 6) is 0.311. The van der Waals surface area contributed by atoms with Gasteiger partial charge in [-0.25, -0.2) is 0 Å². The third kappa shape index (κ3) is 0.619. The molecule has 0 heterocycles. The molecule has 2 aliphatic carbocycles. The van der Waals surface area contributed by atoms with Crippen molar-refractivity contribution >= 4 is 5.78 Å². The zero-order valence-corrected chi connectivity index (χ0v) is 9.03. The molecule has 2 aliphatic rings. The normalized spacial score (nSPS) is 47.4. The molecule has 2 atom stereocenters. The lowest BCUT2D eigenvalue weighted by Crippen LogP contribution is -2.34. The first-order valence-electron chi connectivity index (χ1n) is 5.01. The number of fused-ring (bicyclic) bond motifs is 2. The maximum atomic E-state index is 12.0. The minimum absolute atomic E-state index is 0.0544. The summed E-state index contributed by atoms with van der Waals surface area (Å²) in [6.07, 6.45) is 2.16. The Labute approximate surface area is 80.2 Å². The van der Waals surface area contributed by atoms with Gasteiger partial charge in [-0.05, 0) is 23.8 Å². The highest BCUT2D eigenvalue weighted by Gasteiger charge is 2.69. The molecule has 0 aliphatic heterocycles. The highest BCUT2D eigenvalue weighted by molar-refractivity contribution is 6.05. The Morgan fingerprint density at radius 2 is 1.54 bits per heavy atom. The van der Waals surface area contributed by atoms with Crippen molar-refractivity contribution < 1.29 is 4.79 Å². The molecule has 0 radical (unpaired) electrons. The van der Waals surface area contributed by atoms with Gasteiger partial charge in [0.05, 0.1) is 0 Å². The summed E-state index contributed by atoms with van der Waals surface area (Å²) in [4.78, 5) is 12.0. The maximum absolute atomic E-state index is 12.0. The van der Waals surface area contributed by atoms with Gasteiger partial charge in [-0.15, -0.1) is 0 Å². The first-order chi connectivity index (χ1) is 5.77. The molecule has 2 bridgehead atoms. The Balaban J connectivity index is 2.68. The second-order valence-corrected chi connectivity index (χ2v) is 5.60. The summed E-state index contributed by atoms with van der Waals surface area (Å²) in [6, 6.07) is 0. The zero-order valence-electron chi connectivity index (χ0n) is 9.03. The number of allylic oxidation sites excluding steroid dienone is 1. The molecule has 0 aromatic carbocycles. The van der Waals surface area contributed by atoms with E-state index in [1.807, 2.05) is 0 Å². The highest BCUT2D eigenvalue weighted by atomic mass is 16.1. The summed E-state index contributed by atoms with van der Waals surface area (Å²) < 4.78 is 0. The molecular weight excluding hydrogens is 160 g/mol. The number of carbonyl (C=O) groups excluding carboxylic acids is 1. The van der Waals surface area contributed by atoms with E-state index in [4.69, 9.17) is 0 Å². The first-order valence-corrected chi connectivity index (χ1v) is 5.01. The summed E-state index contributed by atoms with van der Waals surface area (Å²) in [6.45, 7) is 12.7. The van der Waals surface area contributed by atoms with E-state index in [1.165, 1.54) is 0 Å². The fourth-order valence-electron chi connectivity index (χ4n) is 3.24. The van der Waals surface area contributed by atoms with Crippen LogP contribution in [-0.4, -0.2) is 5.78 Å². The predicted molar refractivity (Wildman–Crippen MR) is 53.4 cm³/mol. The molecule has 0 N–H and O–H groups in total. The van der Waals surface area contributed by atoms with E-state index in [2.05, 4.69) is 34.3 Å². The van der Waals surface area contributed by atoms with E-state index in [0.717, 1.165) is 18.4 Å². The van der Waals surface area contributed by atoms with Gasteiger partial charge in [0, 0.05) is 10.8 Å². The molecule has 2 fully saturated rings. The molecule has 2 rings (SSSR count). The number of rotatable bonds is 0. The third-order valence-corrected chi connectivity index (χ3v) is 5.33. The summed E-state index contributed by atoms with van der Waals surface area (Å²) in [5.41, 5.74) is 0.873. The second kappa shape index (κ2) is 1.92. The van der Waals surface area contributed by atoms with Crippen LogP contribution in [0.2, 0.25) is 0 Å². The molecule has 0 aromatic rings.